The van der Waals surface area contributed by atoms with Crippen LogP contribution < -0.4 is 15.0 Å². The van der Waals surface area contributed by atoms with Gasteiger partial charge in [0.2, 0.25) is 5.91 Å². The molecule has 2 aromatic rings. The number of carbonyl (C=O) groups is 2. The van der Waals surface area contributed by atoms with E-state index in [-0.39, 0.29) is 11.9 Å². The van der Waals surface area contributed by atoms with Crippen LogP contribution in [0.3, 0.4) is 0 Å². The molecule has 0 saturated carbocycles. The number of urea groups is 1. The quantitative estimate of drug-likeness (QED) is 0.742. The average Bonchev–Trinajstić information content (AvgIpc) is 2.79. The van der Waals surface area contributed by atoms with Gasteiger partial charge in [-0.25, -0.2) is 4.79 Å². The monoisotopic (exact) mass is 424 g/mol. The summed E-state index contributed by atoms with van der Waals surface area (Å²) in [6, 6.07) is 15.2. The van der Waals surface area contributed by atoms with Crippen LogP contribution in [-0.2, 0) is 17.8 Å². The molecule has 1 fully saturated rings. The third kappa shape index (κ3) is 5.98. The van der Waals surface area contributed by atoms with Crippen molar-refractivity contribution in [3.8, 4) is 5.75 Å². The van der Waals surface area contributed by atoms with E-state index in [2.05, 4.69) is 17.3 Å². The zero-order valence-electron chi connectivity index (χ0n) is 18.6. The van der Waals surface area contributed by atoms with Crippen molar-refractivity contribution in [2.45, 2.75) is 19.9 Å². The Morgan fingerprint density at radius 1 is 1.03 bits per heavy atom. The van der Waals surface area contributed by atoms with Crippen molar-refractivity contribution in [1.82, 2.24) is 15.1 Å². The summed E-state index contributed by atoms with van der Waals surface area (Å²) in [5.74, 6) is 0.890. The van der Waals surface area contributed by atoms with Gasteiger partial charge in [0.15, 0.2) is 0 Å². The second-order valence-electron chi connectivity index (χ2n) is 7.76. The Labute approximate surface area is 184 Å². The molecule has 0 bridgehead atoms. The summed E-state index contributed by atoms with van der Waals surface area (Å²) in [6.45, 7) is 6.19. The lowest BCUT2D eigenvalue weighted by Gasteiger charge is -2.32. The van der Waals surface area contributed by atoms with Crippen molar-refractivity contribution in [3.63, 3.8) is 0 Å². The highest BCUT2D eigenvalue weighted by Crippen LogP contribution is 2.24. The number of para-hydroxylation sites is 1. The van der Waals surface area contributed by atoms with Crippen LogP contribution >= 0.6 is 0 Å². The minimum atomic E-state index is -0.172. The van der Waals surface area contributed by atoms with E-state index in [0.717, 1.165) is 48.7 Å². The molecule has 166 valence electrons. The number of nitrogens with zero attached hydrogens (tertiary/aromatic N) is 3. The number of amides is 3. The summed E-state index contributed by atoms with van der Waals surface area (Å²) < 4.78 is 5.45. The van der Waals surface area contributed by atoms with Crippen molar-refractivity contribution < 1.29 is 14.3 Å². The molecular formula is C24H32N4O3. The Bertz CT molecular complexity index is 877. The van der Waals surface area contributed by atoms with Gasteiger partial charge in [0.05, 0.1) is 20.1 Å². The smallest absolute Gasteiger partial charge is 0.322 e. The van der Waals surface area contributed by atoms with E-state index in [0.29, 0.717) is 19.5 Å². The fraction of sp³-hybridized carbons (Fsp3) is 0.417. The number of methoxy groups -OCH3 is 1. The first-order chi connectivity index (χ1) is 15.0. The predicted octanol–water partition coefficient (Wildman–Crippen LogP) is 2.75. The van der Waals surface area contributed by atoms with Crippen LogP contribution in [0.2, 0.25) is 0 Å². The summed E-state index contributed by atoms with van der Waals surface area (Å²) in [7, 11) is 3.70. The predicted molar refractivity (Wildman–Crippen MR) is 122 cm³/mol. The summed E-state index contributed by atoms with van der Waals surface area (Å²) in [4.78, 5) is 31.2. The number of benzene rings is 2. The van der Waals surface area contributed by atoms with Crippen LogP contribution in [0, 0.1) is 0 Å². The number of hydrogen-bond donors (Lipinski definition) is 1. The van der Waals surface area contributed by atoms with Gasteiger partial charge in [-0.3, -0.25) is 9.69 Å². The van der Waals surface area contributed by atoms with E-state index in [9.17, 15) is 9.59 Å². The van der Waals surface area contributed by atoms with Gasteiger partial charge in [0.1, 0.15) is 5.75 Å². The van der Waals surface area contributed by atoms with E-state index in [1.54, 1.807) is 12.0 Å². The van der Waals surface area contributed by atoms with E-state index in [4.69, 9.17) is 4.74 Å². The van der Waals surface area contributed by atoms with Crippen LogP contribution in [0.4, 0.5) is 10.5 Å². The topological polar surface area (TPSA) is 65.1 Å². The van der Waals surface area contributed by atoms with Crippen molar-refractivity contribution in [2.24, 2.45) is 0 Å². The lowest BCUT2D eigenvalue weighted by atomic mass is 10.1. The number of piperazine rings is 1. The fourth-order valence-electron chi connectivity index (χ4n) is 3.67. The van der Waals surface area contributed by atoms with Crippen LogP contribution in [0.5, 0.6) is 5.75 Å². The molecule has 1 aliphatic heterocycles. The molecule has 2 aromatic carbocycles. The molecule has 31 heavy (non-hydrogen) atoms. The second kappa shape index (κ2) is 10.8. The molecule has 0 unspecified atom stereocenters. The first kappa shape index (κ1) is 22.6. The molecule has 1 heterocycles. The van der Waals surface area contributed by atoms with Gasteiger partial charge in [-0.15, -0.1) is 0 Å². The Morgan fingerprint density at radius 3 is 2.35 bits per heavy atom. The van der Waals surface area contributed by atoms with Gasteiger partial charge in [-0.1, -0.05) is 30.3 Å². The molecule has 3 amide bonds. The Kier molecular flexibility index (Phi) is 7.89. The van der Waals surface area contributed by atoms with Gasteiger partial charge >= 0.3 is 6.03 Å². The molecule has 0 atom stereocenters. The van der Waals surface area contributed by atoms with Crippen LogP contribution in [-0.4, -0.2) is 68.6 Å². The van der Waals surface area contributed by atoms with Gasteiger partial charge < -0.3 is 19.9 Å². The maximum atomic E-state index is 12.8. The molecule has 1 aliphatic rings. The number of carbonyl (C=O) groups excluding carboxylic acids is 2. The lowest BCUT2D eigenvalue weighted by molar-refractivity contribution is -0.132. The minimum Gasteiger partial charge on any atom is -0.496 e. The number of rotatable bonds is 7. The minimum absolute atomic E-state index is 0.149. The van der Waals surface area contributed by atoms with E-state index < -0.39 is 0 Å². The van der Waals surface area contributed by atoms with Gasteiger partial charge in [-0.2, -0.15) is 0 Å². The molecule has 7 heteroatoms. The number of hydrogen-bond acceptors (Lipinski definition) is 4. The first-order valence-corrected chi connectivity index (χ1v) is 10.7. The summed E-state index contributed by atoms with van der Waals surface area (Å²) in [6.07, 6.45) is 0.373. The molecule has 0 aromatic heterocycles. The molecule has 0 radical (unpaired) electrons. The maximum absolute atomic E-state index is 12.8. The third-order valence-corrected chi connectivity index (χ3v) is 5.55. The molecule has 7 nitrogen and oxygen atoms in total. The first-order valence-electron chi connectivity index (χ1n) is 10.7. The normalized spacial score (nSPS) is 14.2. The number of ether oxygens (including phenoxy) is 1. The Hall–Kier alpha value is -3.06. The van der Waals surface area contributed by atoms with Gasteiger partial charge in [0.25, 0.3) is 0 Å². The third-order valence-electron chi connectivity index (χ3n) is 5.55. The van der Waals surface area contributed by atoms with Crippen LogP contribution in [0.1, 0.15) is 18.1 Å². The number of nitrogens with one attached hydrogen (secondary N) is 1. The van der Waals surface area contributed by atoms with Gasteiger partial charge in [0, 0.05) is 44.0 Å². The van der Waals surface area contributed by atoms with Crippen molar-refractivity contribution in [2.75, 3.05) is 51.8 Å². The van der Waals surface area contributed by atoms with Crippen molar-refractivity contribution in [1.29, 1.82) is 0 Å². The van der Waals surface area contributed by atoms with E-state index in [1.165, 1.54) is 0 Å². The highest BCUT2D eigenvalue weighted by molar-refractivity contribution is 5.92. The molecule has 1 saturated heterocycles. The maximum Gasteiger partial charge on any atom is 0.322 e. The zero-order valence-corrected chi connectivity index (χ0v) is 18.6. The largest absolute Gasteiger partial charge is 0.496 e. The highest BCUT2D eigenvalue weighted by atomic mass is 16.5. The van der Waals surface area contributed by atoms with Crippen LogP contribution in [0.25, 0.3) is 0 Å². The SMILES string of the molecule is CCNC(=O)N(Cc1ccccc1OC)c1ccc(CC(=O)N2CCN(C)CC2)cc1. The zero-order chi connectivity index (χ0) is 22.2. The Morgan fingerprint density at radius 2 is 1.71 bits per heavy atom. The standard InChI is InChI=1S/C24H32N4O3/c1-4-25-24(30)28(18-20-7-5-6-8-22(20)31-3)21-11-9-19(10-12-21)17-23(29)27-15-13-26(2)14-16-27/h5-12H,4,13-18H2,1-3H3,(H,25,30). The molecular weight excluding hydrogens is 392 g/mol. The van der Waals surface area contributed by atoms with E-state index >= 15 is 0 Å². The molecule has 1 N–H and O–H groups in total. The summed E-state index contributed by atoms with van der Waals surface area (Å²) >= 11 is 0. The summed E-state index contributed by atoms with van der Waals surface area (Å²) in [5.41, 5.74) is 2.64. The van der Waals surface area contributed by atoms with Crippen molar-refractivity contribution in [3.05, 3.63) is 59.7 Å². The van der Waals surface area contributed by atoms with Crippen molar-refractivity contribution >= 4 is 17.6 Å². The number of likely N-dealkylation sites (N-methyl/N-ethyl adjacent to an activating group) is 1. The number of anilines is 1. The van der Waals surface area contributed by atoms with E-state index in [1.807, 2.05) is 60.4 Å². The average molecular weight is 425 g/mol. The molecule has 0 spiro atoms. The second-order valence-corrected chi connectivity index (χ2v) is 7.76. The Balaban J connectivity index is 1.72. The van der Waals surface area contributed by atoms with Gasteiger partial charge in [-0.05, 0) is 37.7 Å². The highest BCUT2D eigenvalue weighted by Gasteiger charge is 2.20. The summed E-state index contributed by atoms with van der Waals surface area (Å²) in [5, 5.41) is 2.88. The molecule has 0 aliphatic carbocycles. The van der Waals surface area contributed by atoms with Crippen LogP contribution in [0.15, 0.2) is 48.5 Å². The molecule has 3 rings (SSSR count). The lowest BCUT2D eigenvalue weighted by Crippen LogP contribution is -2.47. The fourth-order valence-corrected chi connectivity index (χ4v) is 3.67.